The third kappa shape index (κ3) is 16.7. The molecule has 0 radical (unpaired) electrons. The minimum Gasteiger partial charge on any atom is -0.481 e. The Balaban J connectivity index is 3.74. The van der Waals surface area contributed by atoms with Gasteiger partial charge < -0.3 is 5.11 Å². The molecule has 4 nitrogen and oxygen atoms in total. The molecule has 0 saturated heterocycles. The Kier molecular flexibility index (Phi) is 16.5. The van der Waals surface area contributed by atoms with Crippen LogP contribution in [0.5, 0.6) is 0 Å². The van der Waals surface area contributed by atoms with Crippen LogP contribution in [0.15, 0.2) is 48.6 Å². The molecule has 0 amide bonds. The van der Waals surface area contributed by atoms with E-state index in [0.29, 0.717) is 12.8 Å². The van der Waals surface area contributed by atoms with Crippen molar-refractivity contribution in [3.05, 3.63) is 48.6 Å². The van der Waals surface area contributed by atoms with Crippen LogP contribution in [-0.4, -0.2) is 22.4 Å². The van der Waals surface area contributed by atoms with Crippen molar-refractivity contribution in [2.75, 3.05) is 0 Å². The van der Waals surface area contributed by atoms with Crippen molar-refractivity contribution in [2.45, 2.75) is 70.8 Å². The lowest BCUT2D eigenvalue weighted by Gasteiger charge is -2.06. The molecule has 0 aliphatic heterocycles. The Morgan fingerprint density at radius 1 is 1.00 bits per heavy atom. The number of unbranched alkanes of at least 4 members (excludes halogenated alkanes) is 3. The van der Waals surface area contributed by atoms with Gasteiger partial charge in [-0.15, -0.1) is 0 Å². The lowest BCUT2D eigenvalue weighted by molar-refractivity contribution is -0.267. The van der Waals surface area contributed by atoms with Crippen LogP contribution in [0.3, 0.4) is 0 Å². The molecule has 0 heterocycles. The zero-order valence-corrected chi connectivity index (χ0v) is 14.8. The van der Waals surface area contributed by atoms with E-state index in [1.807, 2.05) is 18.2 Å². The lowest BCUT2D eigenvalue weighted by atomic mass is 10.1. The monoisotopic (exact) mass is 336 g/mol. The Morgan fingerprint density at radius 3 is 2.38 bits per heavy atom. The second-order valence-electron chi connectivity index (χ2n) is 5.65. The molecule has 0 aromatic rings. The van der Waals surface area contributed by atoms with Crippen molar-refractivity contribution in [1.29, 1.82) is 0 Å². The zero-order valence-electron chi connectivity index (χ0n) is 14.8. The molecule has 0 aliphatic carbocycles. The largest absolute Gasteiger partial charge is 0.481 e. The first-order valence-corrected chi connectivity index (χ1v) is 8.86. The number of allylic oxidation sites excluding steroid dienone is 7. The molecule has 1 atom stereocenters. The highest BCUT2D eigenvalue weighted by molar-refractivity contribution is 5.66. The van der Waals surface area contributed by atoms with Crippen molar-refractivity contribution in [3.63, 3.8) is 0 Å². The van der Waals surface area contributed by atoms with E-state index in [-0.39, 0.29) is 6.42 Å². The third-order valence-corrected chi connectivity index (χ3v) is 3.44. The highest BCUT2D eigenvalue weighted by Gasteiger charge is 2.05. The average molecular weight is 336 g/mol. The first kappa shape index (κ1) is 22.4. The van der Waals surface area contributed by atoms with Crippen LogP contribution in [0.2, 0.25) is 0 Å². The summed E-state index contributed by atoms with van der Waals surface area (Å²) >= 11 is 0. The molecule has 0 saturated carbocycles. The van der Waals surface area contributed by atoms with Gasteiger partial charge in [-0.3, -0.25) is 10.1 Å². The molecule has 0 bridgehead atoms. The Morgan fingerprint density at radius 2 is 1.71 bits per heavy atom. The molecule has 0 aromatic carbocycles. The maximum Gasteiger partial charge on any atom is 0.303 e. The smallest absolute Gasteiger partial charge is 0.303 e. The SMILES string of the molecule is CCCCCC=CCC=CCC=CC=CC(CCCC(=O)O)OO. The number of hydrogen-bond acceptors (Lipinski definition) is 3. The van der Waals surface area contributed by atoms with Crippen LogP contribution in [-0.2, 0) is 9.68 Å². The topological polar surface area (TPSA) is 66.8 Å². The van der Waals surface area contributed by atoms with Gasteiger partial charge in [0.2, 0.25) is 0 Å². The summed E-state index contributed by atoms with van der Waals surface area (Å²) in [7, 11) is 0. The molecular weight excluding hydrogens is 304 g/mol. The summed E-state index contributed by atoms with van der Waals surface area (Å²) in [6.07, 6.45) is 23.6. The molecule has 2 N–H and O–H groups in total. The van der Waals surface area contributed by atoms with Crippen LogP contribution in [0.4, 0.5) is 0 Å². The second-order valence-corrected chi connectivity index (χ2v) is 5.65. The van der Waals surface area contributed by atoms with Gasteiger partial charge in [-0.25, -0.2) is 4.89 Å². The van der Waals surface area contributed by atoms with E-state index in [9.17, 15) is 4.79 Å². The number of carbonyl (C=O) groups is 1. The van der Waals surface area contributed by atoms with Crippen molar-refractivity contribution in [2.24, 2.45) is 0 Å². The fourth-order valence-corrected chi connectivity index (χ4v) is 2.06. The minimum absolute atomic E-state index is 0.0847. The molecule has 24 heavy (non-hydrogen) atoms. The number of carboxylic acid groups (broad SMARTS) is 1. The van der Waals surface area contributed by atoms with Crippen LogP contribution in [0.25, 0.3) is 0 Å². The molecule has 0 aliphatic rings. The van der Waals surface area contributed by atoms with Crippen LogP contribution >= 0.6 is 0 Å². The number of hydrogen-bond donors (Lipinski definition) is 2. The second kappa shape index (κ2) is 17.7. The lowest BCUT2D eigenvalue weighted by Crippen LogP contribution is -2.08. The van der Waals surface area contributed by atoms with E-state index < -0.39 is 12.1 Å². The van der Waals surface area contributed by atoms with E-state index in [0.717, 1.165) is 12.8 Å². The standard InChI is InChI=1S/C20H32O4/c1-2-3-4-5-6-7-8-9-10-11-12-13-14-16-19(24-23)17-15-18-20(21)22/h6-7,9-10,12-14,16,19,23H,2-5,8,11,15,17-18H2,1H3,(H,21,22). The first-order valence-electron chi connectivity index (χ1n) is 8.86. The van der Waals surface area contributed by atoms with Crippen molar-refractivity contribution in [1.82, 2.24) is 0 Å². The predicted molar refractivity (Wildman–Crippen MR) is 98.9 cm³/mol. The van der Waals surface area contributed by atoms with Gasteiger partial charge in [-0.2, -0.15) is 0 Å². The summed E-state index contributed by atoms with van der Waals surface area (Å²) in [6, 6.07) is 0. The summed E-state index contributed by atoms with van der Waals surface area (Å²) in [5.41, 5.74) is 0. The van der Waals surface area contributed by atoms with Gasteiger partial charge in [0.15, 0.2) is 0 Å². The Labute approximate surface area is 146 Å². The summed E-state index contributed by atoms with van der Waals surface area (Å²) in [4.78, 5) is 14.7. The van der Waals surface area contributed by atoms with Gasteiger partial charge >= 0.3 is 5.97 Å². The van der Waals surface area contributed by atoms with E-state index in [1.165, 1.54) is 25.7 Å². The number of carboxylic acids is 1. The third-order valence-electron chi connectivity index (χ3n) is 3.44. The molecule has 0 spiro atoms. The van der Waals surface area contributed by atoms with Gasteiger partial charge in [-0.1, -0.05) is 68.4 Å². The molecule has 4 heteroatoms. The van der Waals surface area contributed by atoms with Gasteiger partial charge in [0.25, 0.3) is 0 Å². The first-order chi connectivity index (χ1) is 11.7. The highest BCUT2D eigenvalue weighted by atomic mass is 17.1. The fraction of sp³-hybridized carbons (Fsp3) is 0.550. The normalized spacial score (nSPS) is 13.8. The number of aliphatic carboxylic acids is 1. The molecular formula is C20H32O4. The quantitative estimate of drug-likeness (QED) is 0.133. The van der Waals surface area contributed by atoms with Crippen molar-refractivity contribution >= 4 is 5.97 Å². The predicted octanol–water partition coefficient (Wildman–Crippen LogP) is 5.68. The molecule has 0 fully saturated rings. The zero-order chi connectivity index (χ0) is 17.9. The number of rotatable bonds is 15. The summed E-state index contributed by atoms with van der Waals surface area (Å²) in [5.74, 6) is -0.835. The van der Waals surface area contributed by atoms with Gasteiger partial charge in [-0.05, 0) is 38.5 Å². The highest BCUT2D eigenvalue weighted by Crippen LogP contribution is 2.06. The summed E-state index contributed by atoms with van der Waals surface area (Å²) < 4.78 is 0. The maximum absolute atomic E-state index is 10.4. The summed E-state index contributed by atoms with van der Waals surface area (Å²) in [6.45, 7) is 2.21. The Hall–Kier alpha value is -1.65. The van der Waals surface area contributed by atoms with Crippen LogP contribution < -0.4 is 0 Å². The van der Waals surface area contributed by atoms with E-state index >= 15 is 0 Å². The molecule has 0 rings (SSSR count). The molecule has 136 valence electrons. The van der Waals surface area contributed by atoms with E-state index in [4.69, 9.17) is 10.4 Å². The fourth-order valence-electron chi connectivity index (χ4n) is 2.06. The van der Waals surface area contributed by atoms with Gasteiger partial charge in [0.05, 0.1) is 0 Å². The minimum atomic E-state index is -0.835. The van der Waals surface area contributed by atoms with Crippen LogP contribution in [0.1, 0.15) is 64.7 Å². The Bertz CT molecular complexity index is 408. The van der Waals surface area contributed by atoms with Crippen molar-refractivity contribution in [3.8, 4) is 0 Å². The van der Waals surface area contributed by atoms with Crippen molar-refractivity contribution < 1.29 is 20.0 Å². The van der Waals surface area contributed by atoms with E-state index in [2.05, 4.69) is 36.1 Å². The van der Waals surface area contributed by atoms with Gasteiger partial charge in [0, 0.05) is 6.42 Å². The summed E-state index contributed by atoms with van der Waals surface area (Å²) in [5, 5.41) is 17.3. The average Bonchev–Trinajstić information content (AvgIpc) is 2.57. The maximum atomic E-state index is 10.4. The van der Waals surface area contributed by atoms with Gasteiger partial charge in [0.1, 0.15) is 6.10 Å². The van der Waals surface area contributed by atoms with E-state index in [1.54, 1.807) is 6.08 Å². The molecule has 0 aromatic heterocycles. The molecule has 1 unspecified atom stereocenters. The van der Waals surface area contributed by atoms with Crippen LogP contribution in [0, 0.1) is 0 Å².